The van der Waals surface area contributed by atoms with Crippen molar-refractivity contribution in [1.82, 2.24) is 15.3 Å². The molecule has 184 valence electrons. The standard InChI is InChI=1S/C26H21F3N4O2S/c27-26(28,29)16-10-11-21-19(13-16)33-25(35)22(36-21)14-23(34)30-20(12-15-6-2-1-3-7-15)24-31-17-8-4-5-9-18(17)32-24/h1-11,13,20,22H,12,14H2,(H,30,34)(H,31,32)(H,33,35)/t20-,22-/m0/s1. The first-order chi connectivity index (χ1) is 17.3. The highest BCUT2D eigenvalue weighted by atomic mass is 32.2. The Balaban J connectivity index is 1.32. The zero-order valence-electron chi connectivity index (χ0n) is 18.8. The van der Waals surface area contributed by atoms with Crippen LogP contribution < -0.4 is 10.6 Å². The van der Waals surface area contributed by atoms with E-state index in [-0.39, 0.29) is 18.0 Å². The van der Waals surface area contributed by atoms with Gasteiger partial charge in [0, 0.05) is 11.3 Å². The van der Waals surface area contributed by atoms with Crippen molar-refractivity contribution in [2.75, 3.05) is 5.32 Å². The maximum Gasteiger partial charge on any atom is 0.416 e. The number of aromatic nitrogens is 2. The Hall–Kier alpha value is -3.79. The van der Waals surface area contributed by atoms with Crippen LogP contribution in [0, 0.1) is 0 Å². The molecule has 0 fully saturated rings. The number of rotatable bonds is 6. The fourth-order valence-corrected chi connectivity index (χ4v) is 5.18. The molecule has 4 aromatic rings. The topological polar surface area (TPSA) is 86.9 Å². The first kappa shape index (κ1) is 23.9. The number of nitrogens with one attached hydrogen (secondary N) is 3. The number of nitrogens with zero attached hydrogens (tertiary/aromatic N) is 1. The molecule has 1 aliphatic heterocycles. The summed E-state index contributed by atoms with van der Waals surface area (Å²) in [6, 6.07) is 19.9. The van der Waals surface area contributed by atoms with E-state index in [1.54, 1.807) is 0 Å². The maximum absolute atomic E-state index is 13.0. The molecule has 0 unspecified atom stereocenters. The number of benzene rings is 3. The van der Waals surface area contributed by atoms with Crippen LogP contribution in [0.25, 0.3) is 11.0 Å². The van der Waals surface area contributed by atoms with Crippen molar-refractivity contribution < 1.29 is 22.8 Å². The second-order valence-electron chi connectivity index (χ2n) is 8.46. The lowest BCUT2D eigenvalue weighted by Gasteiger charge is -2.25. The van der Waals surface area contributed by atoms with Gasteiger partial charge in [0.15, 0.2) is 0 Å². The molecule has 0 radical (unpaired) electrons. The van der Waals surface area contributed by atoms with Crippen molar-refractivity contribution >= 4 is 40.3 Å². The highest BCUT2D eigenvalue weighted by Crippen LogP contribution is 2.40. The molecule has 0 spiro atoms. The third-order valence-electron chi connectivity index (χ3n) is 5.85. The molecular weight excluding hydrogens is 489 g/mol. The Labute approximate surface area is 208 Å². The minimum atomic E-state index is -4.51. The van der Waals surface area contributed by atoms with Crippen LogP contribution in [0.3, 0.4) is 0 Å². The molecule has 1 aliphatic rings. The van der Waals surface area contributed by atoms with Gasteiger partial charge in [0.1, 0.15) is 5.82 Å². The molecule has 2 atom stereocenters. The summed E-state index contributed by atoms with van der Waals surface area (Å²) in [4.78, 5) is 34.0. The van der Waals surface area contributed by atoms with Gasteiger partial charge in [-0.15, -0.1) is 11.8 Å². The molecule has 2 heterocycles. The van der Waals surface area contributed by atoms with Gasteiger partial charge in [0.2, 0.25) is 11.8 Å². The second-order valence-corrected chi connectivity index (χ2v) is 9.70. The lowest BCUT2D eigenvalue weighted by Crippen LogP contribution is -2.37. The van der Waals surface area contributed by atoms with Gasteiger partial charge in [-0.05, 0) is 42.3 Å². The number of thioether (sulfide) groups is 1. The molecular formula is C26H21F3N4O2S. The number of fused-ring (bicyclic) bond motifs is 2. The molecule has 1 aromatic heterocycles. The Morgan fingerprint density at radius 1 is 1.06 bits per heavy atom. The Bertz CT molecular complexity index is 1390. The number of hydrogen-bond donors (Lipinski definition) is 3. The van der Waals surface area contributed by atoms with Gasteiger partial charge < -0.3 is 15.6 Å². The fourth-order valence-electron chi connectivity index (χ4n) is 4.09. The molecule has 3 aromatic carbocycles. The summed E-state index contributed by atoms with van der Waals surface area (Å²) in [6.45, 7) is 0. The predicted molar refractivity (Wildman–Crippen MR) is 131 cm³/mol. The van der Waals surface area contributed by atoms with Gasteiger partial charge in [0.25, 0.3) is 0 Å². The van der Waals surface area contributed by atoms with E-state index in [0.29, 0.717) is 17.1 Å². The first-order valence-corrected chi connectivity index (χ1v) is 12.1. The number of hydrogen-bond acceptors (Lipinski definition) is 4. The van der Waals surface area contributed by atoms with E-state index in [4.69, 9.17) is 0 Å². The van der Waals surface area contributed by atoms with Gasteiger partial charge in [-0.3, -0.25) is 9.59 Å². The number of aromatic amines is 1. The lowest BCUT2D eigenvalue weighted by atomic mass is 10.0. The minimum absolute atomic E-state index is 0.0979. The van der Waals surface area contributed by atoms with E-state index >= 15 is 0 Å². The molecule has 0 bridgehead atoms. The van der Waals surface area contributed by atoms with Gasteiger partial charge in [-0.2, -0.15) is 13.2 Å². The normalized spacial score (nSPS) is 16.3. The van der Waals surface area contributed by atoms with Crippen molar-refractivity contribution in [1.29, 1.82) is 0 Å². The zero-order valence-corrected chi connectivity index (χ0v) is 19.6. The van der Waals surface area contributed by atoms with E-state index in [9.17, 15) is 22.8 Å². The average molecular weight is 511 g/mol. The summed E-state index contributed by atoms with van der Waals surface area (Å²) in [5.41, 5.74) is 1.88. The molecule has 3 N–H and O–H groups in total. The van der Waals surface area contributed by atoms with Crippen LogP contribution in [0.4, 0.5) is 18.9 Å². The number of carbonyl (C=O) groups is 2. The summed E-state index contributed by atoms with van der Waals surface area (Å²) >= 11 is 1.08. The molecule has 0 aliphatic carbocycles. The van der Waals surface area contributed by atoms with Crippen LogP contribution >= 0.6 is 11.8 Å². The first-order valence-electron chi connectivity index (χ1n) is 11.2. The zero-order chi connectivity index (χ0) is 25.3. The summed E-state index contributed by atoms with van der Waals surface area (Å²) in [6.07, 6.45) is -4.16. The number of anilines is 1. The molecule has 36 heavy (non-hydrogen) atoms. The summed E-state index contributed by atoms with van der Waals surface area (Å²) < 4.78 is 39.0. The number of alkyl halides is 3. The van der Waals surface area contributed by atoms with E-state index in [0.717, 1.165) is 40.5 Å². The molecule has 0 saturated heterocycles. The van der Waals surface area contributed by atoms with E-state index in [2.05, 4.69) is 20.6 Å². The minimum Gasteiger partial charge on any atom is -0.346 e. The smallest absolute Gasteiger partial charge is 0.346 e. The van der Waals surface area contributed by atoms with Crippen LogP contribution in [0.1, 0.15) is 29.4 Å². The van der Waals surface area contributed by atoms with Crippen molar-refractivity contribution in [2.24, 2.45) is 0 Å². The van der Waals surface area contributed by atoms with Crippen molar-refractivity contribution in [3.63, 3.8) is 0 Å². The van der Waals surface area contributed by atoms with Gasteiger partial charge in [-0.1, -0.05) is 42.5 Å². The molecule has 2 amide bonds. The number of carbonyl (C=O) groups excluding carboxylic acids is 2. The Morgan fingerprint density at radius 2 is 1.81 bits per heavy atom. The number of amides is 2. The Kier molecular flexibility index (Phi) is 6.44. The number of halogens is 3. The molecule has 0 saturated carbocycles. The number of imidazole rings is 1. The largest absolute Gasteiger partial charge is 0.416 e. The lowest BCUT2D eigenvalue weighted by molar-refractivity contribution is -0.137. The van der Waals surface area contributed by atoms with Crippen molar-refractivity contribution in [2.45, 2.75) is 35.2 Å². The van der Waals surface area contributed by atoms with Gasteiger partial charge in [-0.25, -0.2) is 4.98 Å². The van der Waals surface area contributed by atoms with Crippen LogP contribution in [0.2, 0.25) is 0 Å². The highest BCUT2D eigenvalue weighted by molar-refractivity contribution is 8.01. The van der Waals surface area contributed by atoms with Crippen LogP contribution in [-0.2, 0) is 22.2 Å². The highest BCUT2D eigenvalue weighted by Gasteiger charge is 2.34. The van der Waals surface area contributed by atoms with Crippen molar-refractivity contribution in [3.8, 4) is 0 Å². The summed E-state index contributed by atoms with van der Waals surface area (Å²) in [7, 11) is 0. The Morgan fingerprint density at radius 3 is 2.56 bits per heavy atom. The fraction of sp³-hybridized carbons (Fsp3) is 0.192. The van der Waals surface area contributed by atoms with E-state index < -0.39 is 28.9 Å². The van der Waals surface area contributed by atoms with Crippen LogP contribution in [0.5, 0.6) is 0 Å². The molecule has 6 nitrogen and oxygen atoms in total. The predicted octanol–water partition coefficient (Wildman–Crippen LogP) is 5.48. The summed E-state index contributed by atoms with van der Waals surface area (Å²) in [5.74, 6) is -0.274. The van der Waals surface area contributed by atoms with E-state index in [1.165, 1.54) is 6.07 Å². The van der Waals surface area contributed by atoms with E-state index in [1.807, 2.05) is 54.6 Å². The molecule has 5 rings (SSSR count). The van der Waals surface area contributed by atoms with Crippen molar-refractivity contribution in [3.05, 3.63) is 89.7 Å². The van der Waals surface area contributed by atoms with Crippen LogP contribution in [-0.4, -0.2) is 27.0 Å². The second kappa shape index (κ2) is 9.69. The van der Waals surface area contributed by atoms with Crippen LogP contribution in [0.15, 0.2) is 77.7 Å². The number of para-hydroxylation sites is 2. The quantitative estimate of drug-likeness (QED) is 0.320. The average Bonchev–Trinajstić information content (AvgIpc) is 3.28. The number of H-pyrrole nitrogens is 1. The third kappa shape index (κ3) is 5.23. The molecule has 10 heteroatoms. The monoisotopic (exact) mass is 510 g/mol. The van der Waals surface area contributed by atoms with Gasteiger partial charge in [0.05, 0.1) is 33.6 Å². The van der Waals surface area contributed by atoms with Gasteiger partial charge >= 0.3 is 6.18 Å². The maximum atomic E-state index is 13.0. The summed E-state index contributed by atoms with van der Waals surface area (Å²) in [5, 5.41) is 4.73. The SMILES string of the molecule is O=C(C[C@@H]1Sc2ccc(C(F)(F)F)cc2NC1=O)N[C@@H](Cc1ccccc1)c1nc2ccccc2[nH]1. The third-order valence-corrected chi connectivity index (χ3v) is 7.13.